The number of hydrogen-bond donors (Lipinski definition) is 1. The molecule has 6 heteroatoms. The molecule has 1 aromatic rings. The van der Waals surface area contributed by atoms with E-state index in [0.717, 1.165) is 18.1 Å². The van der Waals surface area contributed by atoms with Gasteiger partial charge in [-0.2, -0.15) is 0 Å². The Bertz CT molecular complexity index is 462. The fourth-order valence-corrected chi connectivity index (χ4v) is 2.72. The molecule has 2 rings (SSSR count). The Morgan fingerprint density at radius 1 is 1.33 bits per heavy atom. The second-order valence-electron chi connectivity index (χ2n) is 4.07. The van der Waals surface area contributed by atoms with Crippen molar-refractivity contribution in [3.8, 4) is 5.75 Å². The highest BCUT2D eigenvalue weighted by atomic mass is 35.5. The molecule has 3 nitrogen and oxygen atoms in total. The molecule has 0 aliphatic carbocycles. The molecular formula is C12H13Cl2NO2S. The number of hydrogen-bond acceptors (Lipinski definition) is 3. The number of benzene rings is 1. The molecule has 1 aliphatic rings. The molecule has 1 heterocycles. The van der Waals surface area contributed by atoms with E-state index < -0.39 is 0 Å². The molecule has 0 atom stereocenters. The second-order valence-corrected chi connectivity index (χ2v) is 5.38. The third kappa shape index (κ3) is 3.26. The van der Waals surface area contributed by atoms with Gasteiger partial charge in [-0.3, -0.25) is 0 Å². The molecule has 1 N–H and O–H groups in total. The van der Waals surface area contributed by atoms with Crippen LogP contribution >= 0.6 is 35.4 Å². The molecule has 18 heavy (non-hydrogen) atoms. The van der Waals surface area contributed by atoms with Gasteiger partial charge in [0.1, 0.15) is 5.75 Å². The summed E-state index contributed by atoms with van der Waals surface area (Å²) in [5, 5.41) is 10.6. The van der Waals surface area contributed by atoms with Crippen molar-refractivity contribution in [1.29, 1.82) is 0 Å². The average Bonchev–Trinajstić information content (AvgIpc) is 2.36. The van der Waals surface area contributed by atoms with Crippen molar-refractivity contribution in [3.63, 3.8) is 0 Å². The predicted molar refractivity (Wildman–Crippen MR) is 76.8 cm³/mol. The fraction of sp³-hybridized carbons (Fsp3) is 0.417. The van der Waals surface area contributed by atoms with Crippen LogP contribution < -0.4 is 0 Å². The van der Waals surface area contributed by atoms with Gasteiger partial charge in [-0.25, -0.2) is 0 Å². The van der Waals surface area contributed by atoms with E-state index in [1.807, 2.05) is 0 Å². The topological polar surface area (TPSA) is 32.7 Å². The van der Waals surface area contributed by atoms with Gasteiger partial charge in [-0.15, -0.1) is 0 Å². The molecule has 0 saturated carbocycles. The first kappa shape index (κ1) is 13.9. The maximum Gasteiger partial charge on any atom is 0.137 e. The molecule has 98 valence electrons. The Labute approximate surface area is 121 Å². The van der Waals surface area contributed by atoms with Crippen molar-refractivity contribution in [2.75, 3.05) is 26.3 Å². The molecule has 0 spiro atoms. The van der Waals surface area contributed by atoms with Crippen LogP contribution in [0.25, 0.3) is 0 Å². The van der Waals surface area contributed by atoms with Crippen LogP contribution in [0.2, 0.25) is 10.0 Å². The van der Waals surface area contributed by atoms with Crippen LogP contribution in [0.15, 0.2) is 12.1 Å². The van der Waals surface area contributed by atoms with E-state index >= 15 is 0 Å². The second kappa shape index (κ2) is 6.06. The van der Waals surface area contributed by atoms with Gasteiger partial charge in [0.2, 0.25) is 0 Å². The lowest BCUT2D eigenvalue weighted by atomic mass is 10.1. The van der Waals surface area contributed by atoms with Crippen LogP contribution in [-0.4, -0.2) is 41.3 Å². The molecule has 1 aromatic carbocycles. The van der Waals surface area contributed by atoms with E-state index in [1.54, 1.807) is 6.07 Å². The summed E-state index contributed by atoms with van der Waals surface area (Å²) in [6, 6.07) is 3.20. The smallest absolute Gasteiger partial charge is 0.137 e. The third-order valence-electron chi connectivity index (χ3n) is 2.81. The zero-order valence-electron chi connectivity index (χ0n) is 9.66. The number of phenols is 1. The number of nitrogens with zero attached hydrogens (tertiary/aromatic N) is 1. The number of halogens is 2. The highest BCUT2D eigenvalue weighted by Crippen LogP contribution is 2.31. The van der Waals surface area contributed by atoms with Crippen molar-refractivity contribution in [2.45, 2.75) is 6.42 Å². The quantitative estimate of drug-likeness (QED) is 0.852. The van der Waals surface area contributed by atoms with E-state index in [2.05, 4.69) is 4.90 Å². The number of ether oxygens (including phenoxy) is 1. The maximum atomic E-state index is 9.88. The minimum atomic E-state index is 0.0525. The molecule has 0 unspecified atom stereocenters. The fourth-order valence-electron chi connectivity index (χ4n) is 1.84. The van der Waals surface area contributed by atoms with E-state index in [-0.39, 0.29) is 10.8 Å². The monoisotopic (exact) mass is 305 g/mol. The normalized spacial score (nSPS) is 15.8. The van der Waals surface area contributed by atoms with Gasteiger partial charge in [-0.1, -0.05) is 35.4 Å². The van der Waals surface area contributed by atoms with Crippen LogP contribution in [0.1, 0.15) is 5.56 Å². The summed E-state index contributed by atoms with van der Waals surface area (Å²) in [6.07, 6.45) is 0.460. The summed E-state index contributed by atoms with van der Waals surface area (Å²) in [7, 11) is 0. The molecule has 0 bridgehead atoms. The van der Waals surface area contributed by atoms with Crippen molar-refractivity contribution in [2.24, 2.45) is 0 Å². The standard InChI is InChI=1S/C12H13Cl2NO2S/c13-9-5-8(12(16)10(14)7-9)6-11(18)15-1-3-17-4-2-15/h5,7,16H,1-4,6H2. The van der Waals surface area contributed by atoms with Gasteiger partial charge in [0, 0.05) is 30.1 Å². The molecule has 0 aromatic heterocycles. The van der Waals surface area contributed by atoms with Crippen LogP contribution in [-0.2, 0) is 11.2 Å². The Morgan fingerprint density at radius 3 is 2.67 bits per heavy atom. The largest absolute Gasteiger partial charge is 0.506 e. The summed E-state index contributed by atoms with van der Waals surface area (Å²) >= 11 is 17.2. The highest BCUT2D eigenvalue weighted by molar-refractivity contribution is 7.80. The average molecular weight is 306 g/mol. The van der Waals surface area contributed by atoms with Crippen molar-refractivity contribution in [3.05, 3.63) is 27.7 Å². The lowest BCUT2D eigenvalue weighted by molar-refractivity contribution is 0.0684. The van der Waals surface area contributed by atoms with Crippen molar-refractivity contribution < 1.29 is 9.84 Å². The molecule has 1 saturated heterocycles. The van der Waals surface area contributed by atoms with E-state index in [1.165, 1.54) is 6.07 Å². The minimum absolute atomic E-state index is 0.0525. The minimum Gasteiger partial charge on any atom is -0.506 e. The lowest BCUT2D eigenvalue weighted by Crippen LogP contribution is -2.40. The first-order valence-electron chi connectivity index (χ1n) is 5.60. The number of thiocarbonyl (C=S) groups is 1. The number of phenolic OH excluding ortho intramolecular Hbond substituents is 1. The first-order chi connectivity index (χ1) is 8.58. The zero-order chi connectivity index (χ0) is 13.1. The van der Waals surface area contributed by atoms with E-state index in [4.69, 9.17) is 40.2 Å². The van der Waals surface area contributed by atoms with Gasteiger partial charge in [-0.05, 0) is 12.1 Å². The van der Waals surface area contributed by atoms with E-state index in [0.29, 0.717) is 30.2 Å². The number of aromatic hydroxyl groups is 1. The zero-order valence-corrected chi connectivity index (χ0v) is 12.0. The molecule has 0 radical (unpaired) electrons. The summed E-state index contributed by atoms with van der Waals surface area (Å²) < 4.78 is 5.27. The van der Waals surface area contributed by atoms with Gasteiger partial charge in [0.25, 0.3) is 0 Å². The van der Waals surface area contributed by atoms with Gasteiger partial charge >= 0.3 is 0 Å². The molecule has 0 amide bonds. The SMILES string of the molecule is Oc1c(Cl)cc(Cl)cc1CC(=S)N1CCOCC1. The van der Waals surface area contributed by atoms with Gasteiger partial charge < -0.3 is 14.7 Å². The number of morpholine rings is 1. The van der Waals surface area contributed by atoms with Crippen molar-refractivity contribution in [1.82, 2.24) is 4.90 Å². The molecule has 1 fully saturated rings. The summed E-state index contributed by atoms with van der Waals surface area (Å²) in [6.45, 7) is 2.94. The van der Waals surface area contributed by atoms with Crippen molar-refractivity contribution >= 4 is 40.4 Å². The van der Waals surface area contributed by atoms with Gasteiger partial charge in [0.05, 0.1) is 23.2 Å². The highest BCUT2D eigenvalue weighted by Gasteiger charge is 2.16. The summed E-state index contributed by atoms with van der Waals surface area (Å²) in [4.78, 5) is 2.85. The summed E-state index contributed by atoms with van der Waals surface area (Å²) in [5.41, 5.74) is 0.656. The lowest BCUT2D eigenvalue weighted by Gasteiger charge is -2.29. The Morgan fingerprint density at radius 2 is 2.00 bits per heavy atom. The van der Waals surface area contributed by atoms with Crippen LogP contribution in [0.5, 0.6) is 5.75 Å². The molecular weight excluding hydrogens is 293 g/mol. The third-order valence-corrected chi connectivity index (χ3v) is 3.72. The van der Waals surface area contributed by atoms with Crippen LogP contribution in [0.3, 0.4) is 0 Å². The van der Waals surface area contributed by atoms with Gasteiger partial charge in [0.15, 0.2) is 0 Å². The Balaban J connectivity index is 2.11. The first-order valence-corrected chi connectivity index (χ1v) is 6.77. The summed E-state index contributed by atoms with van der Waals surface area (Å²) in [5.74, 6) is 0.0525. The van der Waals surface area contributed by atoms with E-state index in [9.17, 15) is 5.11 Å². The Hall–Kier alpha value is -0.550. The molecule has 1 aliphatic heterocycles. The van der Waals surface area contributed by atoms with Crippen LogP contribution in [0, 0.1) is 0 Å². The maximum absolute atomic E-state index is 9.88. The number of rotatable bonds is 2. The predicted octanol–water partition coefficient (Wildman–Crippen LogP) is 2.90. The van der Waals surface area contributed by atoms with Crippen LogP contribution in [0.4, 0.5) is 0 Å². The Kier molecular flexibility index (Phi) is 4.67.